The Morgan fingerprint density at radius 2 is 1.85 bits per heavy atom. The van der Waals surface area contributed by atoms with E-state index in [2.05, 4.69) is 16.8 Å². The topological polar surface area (TPSA) is 32.8 Å². The van der Waals surface area contributed by atoms with E-state index in [1.54, 1.807) is 0 Å². The number of nitrogens with zero attached hydrogens (tertiary/aromatic N) is 2. The molecule has 0 aromatic rings. The maximum atomic E-state index is 11.2. The molecular formula is C9H18N2O2. The van der Waals surface area contributed by atoms with Gasteiger partial charge in [-0.1, -0.05) is 0 Å². The minimum absolute atomic E-state index is 0.0984. The average Bonchev–Trinajstić information content (AvgIpc) is 2.17. The number of carbonyl (C=O) groups excluding carboxylic acids is 1. The summed E-state index contributed by atoms with van der Waals surface area (Å²) in [4.78, 5) is 15.6. The van der Waals surface area contributed by atoms with E-state index in [-0.39, 0.29) is 12.0 Å². The molecule has 0 amide bonds. The minimum Gasteiger partial charge on any atom is -0.468 e. The van der Waals surface area contributed by atoms with Crippen molar-refractivity contribution in [2.24, 2.45) is 0 Å². The van der Waals surface area contributed by atoms with E-state index in [0.29, 0.717) is 0 Å². The molecule has 1 heterocycles. The van der Waals surface area contributed by atoms with Gasteiger partial charge in [-0.2, -0.15) is 0 Å². The fraction of sp³-hybridized carbons (Fsp3) is 0.889. The van der Waals surface area contributed by atoms with Gasteiger partial charge in [-0.05, 0) is 14.0 Å². The molecule has 0 N–H and O–H groups in total. The van der Waals surface area contributed by atoms with E-state index in [9.17, 15) is 4.79 Å². The summed E-state index contributed by atoms with van der Waals surface area (Å²) < 4.78 is 4.70. The van der Waals surface area contributed by atoms with Gasteiger partial charge in [-0.15, -0.1) is 0 Å². The van der Waals surface area contributed by atoms with E-state index in [1.807, 2.05) is 6.92 Å². The van der Waals surface area contributed by atoms with Crippen molar-refractivity contribution in [3.8, 4) is 0 Å². The van der Waals surface area contributed by atoms with Crippen molar-refractivity contribution < 1.29 is 9.53 Å². The number of ether oxygens (including phenoxy) is 1. The van der Waals surface area contributed by atoms with E-state index < -0.39 is 0 Å². The quantitative estimate of drug-likeness (QED) is 0.559. The van der Waals surface area contributed by atoms with Crippen molar-refractivity contribution in [3.05, 3.63) is 0 Å². The molecule has 4 heteroatoms. The first-order valence-electron chi connectivity index (χ1n) is 4.65. The number of hydrogen-bond donors (Lipinski definition) is 0. The van der Waals surface area contributed by atoms with E-state index in [1.165, 1.54) is 7.11 Å². The number of rotatable bonds is 2. The highest BCUT2D eigenvalue weighted by Gasteiger charge is 2.24. The van der Waals surface area contributed by atoms with E-state index >= 15 is 0 Å². The molecule has 0 aliphatic carbocycles. The monoisotopic (exact) mass is 186 g/mol. The lowest BCUT2D eigenvalue weighted by Crippen LogP contribution is -2.50. The molecule has 1 rings (SSSR count). The Balaban J connectivity index is 2.39. The maximum absolute atomic E-state index is 11.2. The first-order valence-corrected chi connectivity index (χ1v) is 4.65. The van der Waals surface area contributed by atoms with Crippen LogP contribution in [0.4, 0.5) is 0 Å². The van der Waals surface area contributed by atoms with Crippen LogP contribution in [0.25, 0.3) is 0 Å². The van der Waals surface area contributed by atoms with Crippen molar-refractivity contribution in [2.75, 3.05) is 40.3 Å². The summed E-state index contributed by atoms with van der Waals surface area (Å²) in [5.41, 5.74) is 0. The van der Waals surface area contributed by atoms with Gasteiger partial charge in [-0.25, -0.2) is 0 Å². The second-order valence-corrected chi connectivity index (χ2v) is 3.54. The first kappa shape index (κ1) is 10.5. The van der Waals surface area contributed by atoms with E-state index in [4.69, 9.17) is 4.74 Å². The van der Waals surface area contributed by atoms with Crippen molar-refractivity contribution in [1.29, 1.82) is 0 Å². The summed E-state index contributed by atoms with van der Waals surface area (Å²) in [5, 5.41) is 0. The molecular weight excluding hydrogens is 168 g/mol. The smallest absolute Gasteiger partial charge is 0.322 e. The number of carbonyl (C=O) groups is 1. The lowest BCUT2D eigenvalue weighted by atomic mass is 10.2. The van der Waals surface area contributed by atoms with Crippen LogP contribution < -0.4 is 0 Å². The Morgan fingerprint density at radius 3 is 2.31 bits per heavy atom. The zero-order valence-electron chi connectivity index (χ0n) is 8.62. The Kier molecular flexibility index (Phi) is 3.69. The third kappa shape index (κ3) is 2.67. The first-order chi connectivity index (χ1) is 6.15. The molecule has 1 aliphatic rings. The van der Waals surface area contributed by atoms with Gasteiger partial charge in [-0.3, -0.25) is 9.69 Å². The van der Waals surface area contributed by atoms with Gasteiger partial charge in [0.05, 0.1) is 7.11 Å². The molecule has 0 unspecified atom stereocenters. The third-order valence-corrected chi connectivity index (χ3v) is 2.63. The number of methoxy groups -OCH3 is 1. The molecule has 76 valence electrons. The highest BCUT2D eigenvalue weighted by atomic mass is 16.5. The van der Waals surface area contributed by atoms with Gasteiger partial charge in [0.1, 0.15) is 6.04 Å². The fourth-order valence-electron chi connectivity index (χ4n) is 1.53. The zero-order chi connectivity index (χ0) is 9.84. The Hall–Kier alpha value is -0.610. The number of piperazine rings is 1. The largest absolute Gasteiger partial charge is 0.468 e. The van der Waals surface area contributed by atoms with Crippen LogP contribution in [0.2, 0.25) is 0 Å². The summed E-state index contributed by atoms with van der Waals surface area (Å²) in [5.74, 6) is -0.135. The van der Waals surface area contributed by atoms with Gasteiger partial charge < -0.3 is 9.64 Å². The van der Waals surface area contributed by atoms with Crippen molar-refractivity contribution in [1.82, 2.24) is 9.80 Å². The summed E-state index contributed by atoms with van der Waals surface area (Å²) in [6, 6.07) is -0.0984. The van der Waals surface area contributed by atoms with Gasteiger partial charge in [0.2, 0.25) is 0 Å². The Labute approximate surface area is 79.4 Å². The van der Waals surface area contributed by atoms with Crippen molar-refractivity contribution >= 4 is 5.97 Å². The van der Waals surface area contributed by atoms with Crippen LogP contribution in [0.15, 0.2) is 0 Å². The van der Waals surface area contributed by atoms with Crippen molar-refractivity contribution in [3.63, 3.8) is 0 Å². The molecule has 0 aromatic carbocycles. The summed E-state index contributed by atoms with van der Waals surface area (Å²) in [7, 11) is 3.54. The molecule has 1 atom stereocenters. The van der Waals surface area contributed by atoms with Crippen LogP contribution in [-0.4, -0.2) is 62.1 Å². The van der Waals surface area contributed by atoms with Crippen LogP contribution >= 0.6 is 0 Å². The van der Waals surface area contributed by atoms with Gasteiger partial charge in [0, 0.05) is 26.2 Å². The van der Waals surface area contributed by atoms with Gasteiger partial charge in [0.15, 0.2) is 0 Å². The van der Waals surface area contributed by atoms with Crippen LogP contribution in [0.1, 0.15) is 6.92 Å². The molecule has 0 aromatic heterocycles. The van der Waals surface area contributed by atoms with Gasteiger partial charge in [0.25, 0.3) is 0 Å². The molecule has 1 saturated heterocycles. The predicted molar refractivity (Wildman–Crippen MR) is 50.5 cm³/mol. The summed E-state index contributed by atoms with van der Waals surface area (Å²) in [6.45, 7) is 5.86. The molecule has 1 aliphatic heterocycles. The lowest BCUT2D eigenvalue weighted by molar-refractivity contribution is -0.146. The van der Waals surface area contributed by atoms with Crippen LogP contribution in [0, 0.1) is 0 Å². The highest BCUT2D eigenvalue weighted by Crippen LogP contribution is 2.05. The highest BCUT2D eigenvalue weighted by molar-refractivity contribution is 5.75. The molecule has 13 heavy (non-hydrogen) atoms. The van der Waals surface area contributed by atoms with Crippen molar-refractivity contribution in [2.45, 2.75) is 13.0 Å². The van der Waals surface area contributed by atoms with Crippen LogP contribution in [0.5, 0.6) is 0 Å². The molecule has 0 spiro atoms. The SMILES string of the molecule is COC(=O)[C@H](C)N1CCN(C)CC1. The molecule has 0 bridgehead atoms. The van der Waals surface area contributed by atoms with Crippen LogP contribution in [0.3, 0.4) is 0 Å². The standard InChI is InChI=1S/C9H18N2O2/c1-8(9(12)13-3)11-6-4-10(2)5-7-11/h8H,4-7H2,1-3H3/t8-/m0/s1. The Bertz CT molecular complexity index is 176. The normalized spacial score (nSPS) is 22.7. The molecule has 0 saturated carbocycles. The summed E-state index contributed by atoms with van der Waals surface area (Å²) >= 11 is 0. The minimum atomic E-state index is -0.135. The second-order valence-electron chi connectivity index (χ2n) is 3.54. The Morgan fingerprint density at radius 1 is 1.31 bits per heavy atom. The number of likely N-dealkylation sites (N-methyl/N-ethyl adjacent to an activating group) is 1. The number of hydrogen-bond acceptors (Lipinski definition) is 4. The molecule has 0 radical (unpaired) electrons. The van der Waals surface area contributed by atoms with E-state index in [0.717, 1.165) is 26.2 Å². The maximum Gasteiger partial charge on any atom is 0.322 e. The second kappa shape index (κ2) is 4.58. The zero-order valence-corrected chi connectivity index (χ0v) is 8.62. The molecule has 4 nitrogen and oxygen atoms in total. The van der Waals surface area contributed by atoms with Crippen LogP contribution in [-0.2, 0) is 9.53 Å². The average molecular weight is 186 g/mol. The predicted octanol–water partition coefficient (Wildman–Crippen LogP) is -0.205. The fourth-order valence-corrected chi connectivity index (χ4v) is 1.53. The summed E-state index contributed by atoms with van der Waals surface area (Å²) in [6.07, 6.45) is 0. The number of esters is 1. The molecule has 1 fully saturated rings. The lowest BCUT2D eigenvalue weighted by Gasteiger charge is -2.35. The van der Waals surface area contributed by atoms with Gasteiger partial charge >= 0.3 is 5.97 Å². The third-order valence-electron chi connectivity index (χ3n) is 2.63.